The molecule has 43 heavy (non-hydrogen) atoms. The van der Waals surface area contributed by atoms with Gasteiger partial charge in [0.15, 0.2) is 0 Å². The third-order valence-electron chi connectivity index (χ3n) is 8.56. The number of hydrazine groups is 1. The molecule has 1 N–H and O–H groups in total. The van der Waals surface area contributed by atoms with Crippen molar-refractivity contribution in [3.63, 3.8) is 0 Å². The predicted molar refractivity (Wildman–Crippen MR) is 162 cm³/mol. The number of nitrogens with zero attached hydrogens (tertiary/aromatic N) is 5. The molecule has 1 aromatic heterocycles. The highest BCUT2D eigenvalue weighted by Crippen LogP contribution is 2.34. The Kier molecular flexibility index (Phi) is 7.82. The Balaban J connectivity index is 1.37. The fourth-order valence-electron chi connectivity index (χ4n) is 6.38. The molecule has 0 spiro atoms. The third kappa shape index (κ3) is 5.56. The van der Waals surface area contributed by atoms with Crippen LogP contribution in [-0.4, -0.2) is 80.0 Å². The van der Waals surface area contributed by atoms with Crippen LogP contribution in [0, 0.1) is 0 Å². The van der Waals surface area contributed by atoms with Crippen LogP contribution in [0.2, 0.25) is 0 Å². The van der Waals surface area contributed by atoms with Crippen molar-refractivity contribution in [2.24, 2.45) is 0 Å². The van der Waals surface area contributed by atoms with E-state index in [9.17, 15) is 19.5 Å². The van der Waals surface area contributed by atoms with Crippen LogP contribution < -0.4 is 0 Å². The maximum Gasteiger partial charge on any atom is 0.246 e. The number of likely N-dealkylation sites (N-methyl/N-ethyl adjacent to an activating group) is 1. The van der Waals surface area contributed by atoms with E-state index in [2.05, 4.69) is 4.98 Å². The van der Waals surface area contributed by atoms with Crippen molar-refractivity contribution in [1.29, 1.82) is 0 Å². The molecule has 0 unspecified atom stereocenters. The average molecular weight is 578 g/mol. The van der Waals surface area contributed by atoms with Crippen molar-refractivity contribution >= 4 is 28.6 Å². The summed E-state index contributed by atoms with van der Waals surface area (Å²) in [5.74, 6) is -0.359. The molecule has 0 saturated carbocycles. The molecular formula is C34H35N5O4. The molecule has 3 amide bonds. The standard InChI is InChI=1S/C34H35N5O4/c1-23(28-12-6-10-26-11-7-19-35-33(26)28)37-21-30-38(29(34(37)43)20-25-13-16-27(40)17-14-25)32(42)22-36(2)39(30)31(41)18-15-24-8-4-3-5-9-24/h3-14,16-17,19,23,29-30,40H,15,18,20-22H2,1-2H3/t23-,29-,30+/m0/s1. The van der Waals surface area contributed by atoms with Gasteiger partial charge in [0.2, 0.25) is 17.7 Å². The lowest BCUT2D eigenvalue weighted by Crippen LogP contribution is -2.75. The minimum atomic E-state index is -0.820. The normalized spacial score (nSPS) is 19.9. The minimum Gasteiger partial charge on any atom is -0.508 e. The molecule has 0 aliphatic carbocycles. The van der Waals surface area contributed by atoms with Crippen LogP contribution in [0.1, 0.15) is 36.1 Å². The number of aromatic hydroxyl groups is 1. The zero-order chi connectivity index (χ0) is 30.1. The number of aryl methyl sites for hydroxylation is 1. The lowest BCUT2D eigenvalue weighted by atomic mass is 9.95. The molecule has 2 aliphatic heterocycles. The number of carbonyl (C=O) groups excluding carboxylic acids is 3. The lowest BCUT2D eigenvalue weighted by molar-refractivity contribution is -0.204. The van der Waals surface area contributed by atoms with Crippen LogP contribution in [-0.2, 0) is 27.2 Å². The van der Waals surface area contributed by atoms with Gasteiger partial charge in [0.05, 0.1) is 24.6 Å². The molecule has 9 nitrogen and oxygen atoms in total. The molecule has 3 aromatic carbocycles. The van der Waals surface area contributed by atoms with E-state index < -0.39 is 12.2 Å². The van der Waals surface area contributed by atoms with E-state index in [1.807, 2.05) is 67.6 Å². The first-order valence-electron chi connectivity index (χ1n) is 14.6. The number of pyridine rings is 1. The van der Waals surface area contributed by atoms with E-state index in [1.165, 1.54) is 0 Å². The summed E-state index contributed by atoms with van der Waals surface area (Å²) in [6.45, 7) is 2.14. The van der Waals surface area contributed by atoms with Crippen molar-refractivity contribution in [2.75, 3.05) is 20.1 Å². The van der Waals surface area contributed by atoms with Gasteiger partial charge in [-0.1, -0.05) is 66.7 Å². The van der Waals surface area contributed by atoms with Crippen LogP contribution in [0.25, 0.3) is 10.9 Å². The Morgan fingerprint density at radius 1 is 0.953 bits per heavy atom. The first-order chi connectivity index (χ1) is 20.8. The van der Waals surface area contributed by atoms with Gasteiger partial charge >= 0.3 is 0 Å². The highest BCUT2D eigenvalue weighted by atomic mass is 16.3. The Hall–Kier alpha value is -4.76. The second-order valence-corrected chi connectivity index (χ2v) is 11.3. The number of phenols is 1. The second-order valence-electron chi connectivity index (χ2n) is 11.3. The molecule has 0 radical (unpaired) electrons. The quantitative estimate of drug-likeness (QED) is 0.358. The van der Waals surface area contributed by atoms with Gasteiger partial charge in [0, 0.05) is 37.0 Å². The van der Waals surface area contributed by atoms with E-state index in [4.69, 9.17) is 0 Å². The van der Waals surface area contributed by atoms with E-state index in [-0.39, 0.29) is 55.4 Å². The summed E-state index contributed by atoms with van der Waals surface area (Å²) in [5, 5.41) is 14.2. The molecule has 6 rings (SSSR count). The van der Waals surface area contributed by atoms with Gasteiger partial charge in [-0.15, -0.1) is 0 Å². The molecule has 0 bridgehead atoms. The third-order valence-corrected chi connectivity index (χ3v) is 8.56. The molecule has 2 saturated heterocycles. The van der Waals surface area contributed by atoms with Crippen molar-refractivity contribution in [3.8, 4) is 5.75 Å². The maximum absolute atomic E-state index is 14.4. The molecule has 220 valence electrons. The highest BCUT2D eigenvalue weighted by Gasteiger charge is 2.51. The maximum atomic E-state index is 14.4. The largest absolute Gasteiger partial charge is 0.508 e. The fourth-order valence-corrected chi connectivity index (χ4v) is 6.38. The number of hydrogen-bond acceptors (Lipinski definition) is 6. The summed E-state index contributed by atoms with van der Waals surface area (Å²) in [4.78, 5) is 49.9. The Morgan fingerprint density at radius 2 is 1.70 bits per heavy atom. The summed E-state index contributed by atoms with van der Waals surface area (Å²) in [6, 6.07) is 25.2. The zero-order valence-electron chi connectivity index (χ0n) is 24.3. The molecule has 9 heteroatoms. The smallest absolute Gasteiger partial charge is 0.246 e. The van der Waals surface area contributed by atoms with Crippen molar-refractivity contribution in [3.05, 3.63) is 108 Å². The average Bonchev–Trinajstić information content (AvgIpc) is 3.02. The summed E-state index contributed by atoms with van der Waals surface area (Å²) < 4.78 is 0. The molecule has 2 fully saturated rings. The summed E-state index contributed by atoms with van der Waals surface area (Å²) in [5.41, 5.74) is 3.59. The van der Waals surface area contributed by atoms with Gasteiger partial charge in [-0.3, -0.25) is 24.4 Å². The van der Waals surface area contributed by atoms with Gasteiger partial charge in [-0.25, -0.2) is 5.01 Å². The number of phenolic OH excluding ortho intramolecular Hbond substituents is 1. The lowest BCUT2D eigenvalue weighted by Gasteiger charge is -2.55. The predicted octanol–water partition coefficient (Wildman–Crippen LogP) is 3.93. The van der Waals surface area contributed by atoms with Gasteiger partial charge in [0.25, 0.3) is 0 Å². The molecule has 3 heterocycles. The molecule has 3 atom stereocenters. The van der Waals surface area contributed by atoms with E-state index in [1.54, 1.807) is 57.3 Å². The Bertz CT molecular complexity index is 1640. The van der Waals surface area contributed by atoms with Crippen molar-refractivity contribution < 1.29 is 19.5 Å². The molecule has 2 aliphatic rings. The van der Waals surface area contributed by atoms with E-state index in [0.29, 0.717) is 6.42 Å². The monoisotopic (exact) mass is 577 g/mol. The Labute approximate surface area is 250 Å². The minimum absolute atomic E-state index is 0.00423. The van der Waals surface area contributed by atoms with E-state index >= 15 is 0 Å². The topological polar surface area (TPSA) is 97.3 Å². The van der Waals surface area contributed by atoms with Crippen molar-refractivity contribution in [1.82, 2.24) is 24.8 Å². The first kappa shape index (κ1) is 28.4. The van der Waals surface area contributed by atoms with Crippen LogP contribution in [0.5, 0.6) is 5.75 Å². The highest BCUT2D eigenvalue weighted by molar-refractivity contribution is 5.92. The first-order valence-corrected chi connectivity index (χ1v) is 14.6. The summed E-state index contributed by atoms with van der Waals surface area (Å²) in [6.07, 6.45) is 2.18. The summed E-state index contributed by atoms with van der Waals surface area (Å²) in [7, 11) is 1.75. The molecule has 4 aromatic rings. The number of piperazine rings is 1. The molecular weight excluding hydrogens is 542 g/mol. The zero-order valence-corrected chi connectivity index (χ0v) is 24.3. The SMILES string of the molecule is C[C@@H](c1cccc2cccnc12)N1C[C@@H]2N(C(=O)CN(C)N2C(=O)CCc2ccccc2)[C@@H](Cc2ccc(O)cc2)C1=O. The number of rotatable bonds is 7. The number of aromatic nitrogens is 1. The van der Waals surface area contributed by atoms with Gasteiger partial charge in [-0.05, 0) is 42.7 Å². The number of benzene rings is 3. The Morgan fingerprint density at radius 3 is 2.47 bits per heavy atom. The number of fused-ring (bicyclic) bond motifs is 2. The fraction of sp³-hybridized carbons (Fsp3) is 0.294. The summed E-state index contributed by atoms with van der Waals surface area (Å²) >= 11 is 0. The van der Waals surface area contributed by atoms with Crippen LogP contribution in [0.4, 0.5) is 0 Å². The number of hydrogen-bond donors (Lipinski definition) is 1. The van der Waals surface area contributed by atoms with Gasteiger partial charge in [-0.2, -0.15) is 0 Å². The van der Waals surface area contributed by atoms with Crippen molar-refractivity contribution in [2.45, 2.75) is 44.4 Å². The van der Waals surface area contributed by atoms with Gasteiger partial charge in [0.1, 0.15) is 18.0 Å². The van der Waals surface area contributed by atoms with Crippen LogP contribution in [0.15, 0.2) is 91.1 Å². The van der Waals surface area contributed by atoms with Gasteiger partial charge < -0.3 is 14.9 Å². The van der Waals surface area contributed by atoms with Crippen LogP contribution >= 0.6 is 0 Å². The number of carbonyl (C=O) groups is 3. The van der Waals surface area contributed by atoms with Crippen LogP contribution in [0.3, 0.4) is 0 Å². The second kappa shape index (κ2) is 11.9. The number of amides is 3. The number of para-hydroxylation sites is 1. The van der Waals surface area contributed by atoms with E-state index in [0.717, 1.165) is 27.6 Å².